The molecule has 2 aliphatic rings. The van der Waals surface area contributed by atoms with Gasteiger partial charge >= 0.3 is 0 Å². The minimum absolute atomic E-state index is 0.0273. The van der Waals surface area contributed by atoms with E-state index in [0.29, 0.717) is 24.9 Å². The fourth-order valence-corrected chi connectivity index (χ4v) is 4.54. The van der Waals surface area contributed by atoms with Crippen LogP contribution >= 0.6 is 0 Å². The number of benzene rings is 1. The van der Waals surface area contributed by atoms with Crippen LogP contribution in [0.2, 0.25) is 0 Å². The maximum Gasteiger partial charge on any atom is 0.238 e. The average Bonchev–Trinajstić information content (AvgIpc) is 2.66. The second kappa shape index (κ2) is 9.72. The van der Waals surface area contributed by atoms with Crippen molar-refractivity contribution in [3.8, 4) is 0 Å². The number of carbonyl (C=O) groups is 2. The Kier molecular flexibility index (Phi) is 7.30. The first-order chi connectivity index (χ1) is 13.8. The summed E-state index contributed by atoms with van der Waals surface area (Å²) in [6, 6.07) is 5.97. The highest BCUT2D eigenvalue weighted by atomic mass is 16.2. The van der Waals surface area contributed by atoms with Crippen LogP contribution in [0, 0.1) is 25.7 Å². The van der Waals surface area contributed by atoms with Crippen molar-refractivity contribution in [3.05, 3.63) is 29.3 Å². The summed E-state index contributed by atoms with van der Waals surface area (Å²) in [6.07, 6.45) is 1.21. The monoisotopic (exact) mass is 400 g/mol. The molecule has 2 aliphatic heterocycles. The molecule has 2 atom stereocenters. The summed E-state index contributed by atoms with van der Waals surface area (Å²) in [4.78, 5) is 31.6. The lowest BCUT2D eigenvalue weighted by Crippen LogP contribution is -2.52. The number of aryl methyl sites for hydroxylation is 1. The van der Waals surface area contributed by atoms with Crippen molar-refractivity contribution >= 4 is 17.5 Å². The second-order valence-electron chi connectivity index (χ2n) is 9.09. The molecule has 0 bridgehead atoms. The molecule has 1 aromatic carbocycles. The van der Waals surface area contributed by atoms with E-state index in [0.717, 1.165) is 50.5 Å². The van der Waals surface area contributed by atoms with Gasteiger partial charge in [-0.1, -0.05) is 26.0 Å². The van der Waals surface area contributed by atoms with Crippen LogP contribution in [0.3, 0.4) is 0 Å². The van der Waals surface area contributed by atoms with E-state index < -0.39 is 0 Å². The molecular weight excluding hydrogens is 364 g/mol. The van der Waals surface area contributed by atoms with Crippen molar-refractivity contribution in [2.24, 2.45) is 11.8 Å². The topological polar surface area (TPSA) is 55.9 Å². The summed E-state index contributed by atoms with van der Waals surface area (Å²) in [6.45, 7) is 14.5. The lowest BCUT2D eigenvalue weighted by Gasteiger charge is -2.38. The van der Waals surface area contributed by atoms with Crippen LogP contribution < -0.4 is 5.32 Å². The molecule has 2 fully saturated rings. The molecule has 0 aromatic heterocycles. The summed E-state index contributed by atoms with van der Waals surface area (Å²) in [5, 5.41) is 3.04. The number of amides is 2. The van der Waals surface area contributed by atoms with Gasteiger partial charge in [-0.2, -0.15) is 0 Å². The normalized spacial score (nSPS) is 23.8. The van der Waals surface area contributed by atoms with Gasteiger partial charge in [0.25, 0.3) is 0 Å². The van der Waals surface area contributed by atoms with Crippen LogP contribution in [0.15, 0.2) is 18.2 Å². The summed E-state index contributed by atoms with van der Waals surface area (Å²) in [5.74, 6) is 1.47. The first kappa shape index (κ1) is 21.8. The summed E-state index contributed by atoms with van der Waals surface area (Å²) >= 11 is 0. The van der Waals surface area contributed by atoms with E-state index in [-0.39, 0.29) is 11.8 Å². The lowest BCUT2D eigenvalue weighted by atomic mass is 9.92. The van der Waals surface area contributed by atoms with Gasteiger partial charge in [0.2, 0.25) is 11.8 Å². The third-order valence-corrected chi connectivity index (χ3v) is 6.29. The van der Waals surface area contributed by atoms with Crippen LogP contribution in [-0.2, 0) is 9.59 Å². The van der Waals surface area contributed by atoms with E-state index in [1.54, 1.807) is 0 Å². The molecule has 3 rings (SSSR count). The van der Waals surface area contributed by atoms with Gasteiger partial charge in [-0.3, -0.25) is 19.4 Å². The highest BCUT2D eigenvalue weighted by Crippen LogP contribution is 2.21. The van der Waals surface area contributed by atoms with Crippen molar-refractivity contribution in [2.45, 2.75) is 34.1 Å². The van der Waals surface area contributed by atoms with Crippen molar-refractivity contribution in [3.63, 3.8) is 0 Å². The molecule has 1 aromatic rings. The summed E-state index contributed by atoms with van der Waals surface area (Å²) < 4.78 is 0. The van der Waals surface area contributed by atoms with E-state index in [9.17, 15) is 9.59 Å². The molecule has 6 heteroatoms. The SMILES string of the molecule is Cc1cccc(NC(=O)CN2CCN(CC(=O)N3C[C@H](C)C[C@@H](C)C3)CC2)c1C. The minimum Gasteiger partial charge on any atom is -0.341 e. The zero-order chi connectivity index (χ0) is 21.0. The number of piperidine rings is 1. The molecule has 160 valence electrons. The smallest absolute Gasteiger partial charge is 0.238 e. The number of hydrogen-bond donors (Lipinski definition) is 1. The molecule has 2 saturated heterocycles. The van der Waals surface area contributed by atoms with E-state index >= 15 is 0 Å². The third-order valence-electron chi connectivity index (χ3n) is 6.29. The highest BCUT2D eigenvalue weighted by molar-refractivity contribution is 5.93. The largest absolute Gasteiger partial charge is 0.341 e. The maximum absolute atomic E-state index is 12.7. The van der Waals surface area contributed by atoms with Crippen LogP contribution in [-0.4, -0.2) is 78.9 Å². The second-order valence-corrected chi connectivity index (χ2v) is 9.09. The zero-order valence-electron chi connectivity index (χ0n) is 18.4. The van der Waals surface area contributed by atoms with Gasteiger partial charge in [-0.05, 0) is 49.3 Å². The fourth-order valence-electron chi connectivity index (χ4n) is 4.54. The highest BCUT2D eigenvalue weighted by Gasteiger charge is 2.27. The molecule has 0 radical (unpaired) electrons. The van der Waals surface area contributed by atoms with Gasteiger partial charge in [-0.15, -0.1) is 0 Å². The van der Waals surface area contributed by atoms with Gasteiger partial charge in [-0.25, -0.2) is 0 Å². The number of carbonyl (C=O) groups excluding carboxylic acids is 2. The molecular formula is C23H36N4O2. The van der Waals surface area contributed by atoms with Crippen molar-refractivity contribution in [1.29, 1.82) is 0 Å². The molecule has 0 unspecified atom stereocenters. The van der Waals surface area contributed by atoms with Gasteiger partial charge in [0.05, 0.1) is 13.1 Å². The van der Waals surface area contributed by atoms with Gasteiger partial charge in [0, 0.05) is 45.0 Å². The Bertz CT molecular complexity index is 718. The molecule has 0 spiro atoms. The Balaban J connectivity index is 1.41. The van der Waals surface area contributed by atoms with Gasteiger partial charge < -0.3 is 10.2 Å². The number of piperazine rings is 1. The Morgan fingerprint density at radius 3 is 2.17 bits per heavy atom. The van der Waals surface area contributed by atoms with Gasteiger partial charge in [0.15, 0.2) is 0 Å². The summed E-state index contributed by atoms with van der Waals surface area (Å²) in [5.41, 5.74) is 3.19. The Hall–Kier alpha value is -1.92. The van der Waals surface area contributed by atoms with Gasteiger partial charge in [0.1, 0.15) is 0 Å². The van der Waals surface area contributed by atoms with E-state index in [1.165, 1.54) is 12.0 Å². The first-order valence-corrected chi connectivity index (χ1v) is 10.9. The zero-order valence-corrected chi connectivity index (χ0v) is 18.4. The Morgan fingerprint density at radius 2 is 1.55 bits per heavy atom. The number of hydrogen-bond acceptors (Lipinski definition) is 4. The van der Waals surface area contributed by atoms with Crippen molar-refractivity contribution < 1.29 is 9.59 Å². The third kappa shape index (κ3) is 6.03. The number of nitrogens with one attached hydrogen (secondary N) is 1. The summed E-state index contributed by atoms with van der Waals surface area (Å²) in [7, 11) is 0. The van der Waals surface area contributed by atoms with Crippen molar-refractivity contribution in [2.75, 3.05) is 57.7 Å². The molecule has 29 heavy (non-hydrogen) atoms. The Morgan fingerprint density at radius 1 is 0.966 bits per heavy atom. The van der Waals surface area contributed by atoms with Crippen LogP contribution in [0.25, 0.3) is 0 Å². The Labute approximate surface area is 175 Å². The van der Waals surface area contributed by atoms with E-state index in [4.69, 9.17) is 0 Å². The minimum atomic E-state index is 0.0273. The molecule has 6 nitrogen and oxygen atoms in total. The van der Waals surface area contributed by atoms with Crippen LogP contribution in [0.1, 0.15) is 31.4 Å². The molecule has 0 aliphatic carbocycles. The van der Waals surface area contributed by atoms with Crippen LogP contribution in [0.5, 0.6) is 0 Å². The number of anilines is 1. The van der Waals surface area contributed by atoms with E-state index in [2.05, 4.69) is 42.0 Å². The predicted octanol–water partition coefficient (Wildman–Crippen LogP) is 2.36. The number of nitrogens with zero attached hydrogens (tertiary/aromatic N) is 3. The van der Waals surface area contributed by atoms with Crippen LogP contribution in [0.4, 0.5) is 5.69 Å². The first-order valence-electron chi connectivity index (χ1n) is 10.9. The number of rotatable bonds is 5. The maximum atomic E-state index is 12.7. The quantitative estimate of drug-likeness (QED) is 0.824. The van der Waals surface area contributed by atoms with E-state index in [1.807, 2.05) is 24.0 Å². The standard InChI is InChI=1S/C23H36N4O2/c1-17-12-18(2)14-27(13-17)23(29)16-26-10-8-25(9-11-26)15-22(28)24-21-7-5-6-19(3)20(21)4/h5-7,17-18H,8-16H2,1-4H3,(H,24,28)/t17-,18-/m1/s1. The average molecular weight is 401 g/mol. The predicted molar refractivity (Wildman–Crippen MR) is 117 cm³/mol. The molecule has 0 saturated carbocycles. The number of likely N-dealkylation sites (tertiary alicyclic amines) is 1. The van der Waals surface area contributed by atoms with Crippen molar-refractivity contribution in [1.82, 2.24) is 14.7 Å². The fraction of sp³-hybridized carbons (Fsp3) is 0.652. The molecule has 2 heterocycles. The molecule has 1 N–H and O–H groups in total. The lowest BCUT2D eigenvalue weighted by molar-refractivity contribution is -0.135. The molecule has 2 amide bonds.